The molecule has 0 amide bonds. The first kappa shape index (κ1) is 31.2. The average Bonchev–Trinajstić information content (AvgIpc) is 3.82. The molecule has 0 radical (unpaired) electrons. The molecule has 0 unspecified atom stereocenters. The number of fused-ring (bicyclic) bond motifs is 7. The highest BCUT2D eigenvalue weighted by Gasteiger charge is 2.21. The van der Waals surface area contributed by atoms with Gasteiger partial charge in [-0.2, -0.15) is 0 Å². The van der Waals surface area contributed by atoms with Gasteiger partial charge >= 0.3 is 0 Å². The van der Waals surface area contributed by atoms with Crippen LogP contribution in [0.3, 0.4) is 0 Å². The van der Waals surface area contributed by atoms with Crippen molar-refractivity contribution in [3.8, 4) is 33.4 Å². The summed E-state index contributed by atoms with van der Waals surface area (Å²) in [7, 11) is 0. The summed E-state index contributed by atoms with van der Waals surface area (Å²) in [5.41, 5.74) is 13.5. The van der Waals surface area contributed by atoms with Crippen molar-refractivity contribution in [2.75, 3.05) is 4.90 Å². The van der Waals surface area contributed by atoms with Gasteiger partial charge in [0.1, 0.15) is 22.3 Å². The summed E-state index contributed by atoms with van der Waals surface area (Å²) in [6.45, 7) is 0. The summed E-state index contributed by atoms with van der Waals surface area (Å²) in [6.07, 6.45) is 0. The van der Waals surface area contributed by atoms with Gasteiger partial charge in [-0.15, -0.1) is 0 Å². The second-order valence-corrected chi connectivity index (χ2v) is 14.1. The van der Waals surface area contributed by atoms with Gasteiger partial charge in [0.15, 0.2) is 0 Å². The molecule has 0 aliphatic heterocycles. The van der Waals surface area contributed by atoms with Gasteiger partial charge in [-0.25, -0.2) is 0 Å². The number of benzene rings is 9. The molecule has 3 nitrogen and oxygen atoms in total. The molecule has 0 spiro atoms. The van der Waals surface area contributed by atoms with Crippen LogP contribution in [0.1, 0.15) is 0 Å². The summed E-state index contributed by atoms with van der Waals surface area (Å²) < 4.78 is 12.7. The third-order valence-electron chi connectivity index (χ3n) is 10.9. The van der Waals surface area contributed by atoms with E-state index in [1.54, 1.807) is 0 Å². The number of para-hydroxylation sites is 4. The van der Waals surface area contributed by atoms with E-state index >= 15 is 0 Å². The van der Waals surface area contributed by atoms with Crippen LogP contribution in [0.25, 0.3) is 88.0 Å². The maximum Gasteiger partial charge on any atom is 0.143 e. The Morgan fingerprint density at radius 1 is 0.309 bits per heavy atom. The molecule has 0 aliphatic rings. The van der Waals surface area contributed by atoms with Gasteiger partial charge in [-0.05, 0) is 87.6 Å². The van der Waals surface area contributed by atoms with Crippen LogP contribution < -0.4 is 4.90 Å². The van der Waals surface area contributed by atoms with Crippen LogP contribution in [0.5, 0.6) is 0 Å². The number of nitrogens with zero attached hydrogens (tertiary/aromatic N) is 1. The first-order valence-corrected chi connectivity index (χ1v) is 18.7. The molecule has 3 heteroatoms. The largest absolute Gasteiger partial charge is 0.456 e. The first-order chi connectivity index (χ1) is 27.3. The lowest BCUT2D eigenvalue weighted by Crippen LogP contribution is -2.11. The van der Waals surface area contributed by atoms with Gasteiger partial charge in [0.05, 0.1) is 5.69 Å². The highest BCUT2D eigenvalue weighted by atomic mass is 16.3. The molecule has 0 saturated carbocycles. The van der Waals surface area contributed by atoms with Gasteiger partial charge in [-0.3, -0.25) is 0 Å². The lowest BCUT2D eigenvalue weighted by molar-refractivity contribution is 0.669. The standard InChI is InChI=1S/C52H33NO2/c1-2-16-40-35(12-1)13-10-20-41(40)37-14-9-15-39(32-37)53(38-29-26-34(27-30-38)36-28-31-51-47(33-36)44-19-5-7-24-49(44)54-51)48-23-6-3-17-42(48)45-21-11-22-46-43-18-4-8-25-50(43)55-52(45)46/h1-33H. The van der Waals surface area contributed by atoms with E-state index in [9.17, 15) is 0 Å². The van der Waals surface area contributed by atoms with Crippen LogP contribution in [0.4, 0.5) is 17.1 Å². The topological polar surface area (TPSA) is 29.5 Å². The molecular weight excluding hydrogens is 671 g/mol. The summed E-state index contributed by atoms with van der Waals surface area (Å²) >= 11 is 0. The Labute approximate surface area is 317 Å². The zero-order valence-electron chi connectivity index (χ0n) is 29.8. The molecule has 9 aromatic carbocycles. The molecular formula is C52H33NO2. The fourth-order valence-electron chi connectivity index (χ4n) is 8.28. The lowest BCUT2D eigenvalue weighted by atomic mass is 9.96. The van der Waals surface area contributed by atoms with Crippen molar-refractivity contribution in [1.82, 2.24) is 0 Å². The maximum atomic E-state index is 6.59. The van der Waals surface area contributed by atoms with Crippen LogP contribution in [0, 0.1) is 0 Å². The summed E-state index contributed by atoms with van der Waals surface area (Å²) in [6, 6.07) is 71.1. The maximum absolute atomic E-state index is 6.59. The molecule has 0 bridgehead atoms. The van der Waals surface area contributed by atoms with E-state index in [2.05, 4.69) is 181 Å². The van der Waals surface area contributed by atoms with Crippen molar-refractivity contribution in [3.63, 3.8) is 0 Å². The SMILES string of the molecule is c1cc(-c2cccc3ccccc23)cc(N(c2ccc(-c3ccc4oc5ccccc5c4c3)cc2)c2ccccc2-c2cccc3c2oc2ccccc23)c1. The molecule has 11 rings (SSSR count). The Balaban J connectivity index is 1.09. The Bertz CT molecular complexity index is 3220. The van der Waals surface area contributed by atoms with E-state index in [0.717, 1.165) is 88.8 Å². The fraction of sp³-hybridized carbons (Fsp3) is 0. The minimum Gasteiger partial charge on any atom is -0.456 e. The van der Waals surface area contributed by atoms with E-state index in [1.165, 1.54) is 16.3 Å². The van der Waals surface area contributed by atoms with E-state index < -0.39 is 0 Å². The zero-order chi connectivity index (χ0) is 36.3. The van der Waals surface area contributed by atoms with Gasteiger partial charge in [0, 0.05) is 44.0 Å². The molecule has 0 aliphatic carbocycles. The molecule has 55 heavy (non-hydrogen) atoms. The summed E-state index contributed by atoms with van der Waals surface area (Å²) in [5, 5.41) is 6.94. The van der Waals surface area contributed by atoms with Crippen LogP contribution in [-0.2, 0) is 0 Å². The van der Waals surface area contributed by atoms with Crippen LogP contribution in [0.2, 0.25) is 0 Å². The molecule has 11 aromatic rings. The van der Waals surface area contributed by atoms with Crippen molar-refractivity contribution < 1.29 is 8.83 Å². The van der Waals surface area contributed by atoms with E-state index in [-0.39, 0.29) is 0 Å². The highest BCUT2D eigenvalue weighted by Crippen LogP contribution is 2.45. The number of hydrogen-bond acceptors (Lipinski definition) is 3. The second kappa shape index (κ2) is 12.6. The smallest absolute Gasteiger partial charge is 0.143 e. The van der Waals surface area contributed by atoms with Gasteiger partial charge in [0.25, 0.3) is 0 Å². The van der Waals surface area contributed by atoms with Crippen molar-refractivity contribution >= 4 is 71.7 Å². The van der Waals surface area contributed by atoms with Crippen molar-refractivity contribution in [2.24, 2.45) is 0 Å². The third kappa shape index (κ3) is 5.20. The molecule has 2 heterocycles. The van der Waals surface area contributed by atoms with Crippen molar-refractivity contribution in [3.05, 3.63) is 200 Å². The molecule has 0 N–H and O–H groups in total. The van der Waals surface area contributed by atoms with Gasteiger partial charge in [-0.1, -0.05) is 146 Å². The fourth-order valence-corrected chi connectivity index (χ4v) is 8.28. The average molecular weight is 704 g/mol. The predicted octanol–water partition coefficient (Wildman–Crippen LogP) is 15.1. The van der Waals surface area contributed by atoms with Crippen molar-refractivity contribution in [1.29, 1.82) is 0 Å². The quantitative estimate of drug-likeness (QED) is 0.173. The Morgan fingerprint density at radius 3 is 1.78 bits per heavy atom. The minimum absolute atomic E-state index is 0.887. The number of anilines is 3. The third-order valence-corrected chi connectivity index (χ3v) is 10.9. The Kier molecular flexibility index (Phi) is 7.17. The van der Waals surface area contributed by atoms with E-state index in [0.29, 0.717) is 0 Å². The lowest BCUT2D eigenvalue weighted by Gasteiger charge is -2.28. The summed E-state index contributed by atoms with van der Waals surface area (Å²) in [4.78, 5) is 2.38. The van der Waals surface area contributed by atoms with Gasteiger partial charge in [0.2, 0.25) is 0 Å². The molecule has 2 aromatic heterocycles. The summed E-state index contributed by atoms with van der Waals surface area (Å²) in [5.74, 6) is 0. The Morgan fingerprint density at radius 2 is 0.909 bits per heavy atom. The Hall–Kier alpha value is -7.36. The van der Waals surface area contributed by atoms with E-state index in [1.807, 2.05) is 24.3 Å². The highest BCUT2D eigenvalue weighted by molar-refractivity contribution is 6.11. The predicted molar refractivity (Wildman–Crippen MR) is 229 cm³/mol. The number of rotatable bonds is 6. The van der Waals surface area contributed by atoms with Crippen molar-refractivity contribution in [2.45, 2.75) is 0 Å². The molecule has 0 atom stereocenters. The second-order valence-electron chi connectivity index (χ2n) is 14.1. The first-order valence-electron chi connectivity index (χ1n) is 18.7. The normalized spacial score (nSPS) is 11.6. The molecule has 0 saturated heterocycles. The van der Waals surface area contributed by atoms with Crippen LogP contribution >= 0.6 is 0 Å². The minimum atomic E-state index is 0.887. The number of hydrogen-bond donors (Lipinski definition) is 0. The monoisotopic (exact) mass is 703 g/mol. The van der Waals surface area contributed by atoms with Crippen LogP contribution in [-0.4, -0.2) is 0 Å². The zero-order valence-corrected chi connectivity index (χ0v) is 29.8. The molecule has 258 valence electrons. The van der Waals surface area contributed by atoms with Crippen LogP contribution in [0.15, 0.2) is 209 Å². The van der Waals surface area contributed by atoms with Gasteiger partial charge < -0.3 is 13.7 Å². The van der Waals surface area contributed by atoms with E-state index in [4.69, 9.17) is 8.83 Å². The molecule has 0 fully saturated rings. The number of furan rings is 2.